The molecular formula is C10H12BrNO4S. The normalized spacial score (nSPS) is 10.9. The second-order valence-corrected chi connectivity index (χ2v) is 6.15. The molecule has 0 saturated heterocycles. The predicted molar refractivity (Wildman–Crippen MR) is 68.7 cm³/mol. The molecular weight excluding hydrogens is 310 g/mol. The fourth-order valence-electron chi connectivity index (χ4n) is 1.10. The highest BCUT2D eigenvalue weighted by Gasteiger charge is 2.09. The summed E-state index contributed by atoms with van der Waals surface area (Å²) >= 11 is 2.86. The Labute approximate surface area is 108 Å². The minimum atomic E-state index is -3.37. The Morgan fingerprint density at radius 2 is 1.94 bits per heavy atom. The molecule has 1 aromatic rings. The molecule has 5 nitrogen and oxygen atoms in total. The Balaban J connectivity index is 2.78. The molecule has 0 fully saturated rings. The van der Waals surface area contributed by atoms with Crippen LogP contribution in [0.15, 0.2) is 24.3 Å². The van der Waals surface area contributed by atoms with E-state index < -0.39 is 16.0 Å². The molecule has 1 aromatic carbocycles. The first-order valence-corrected chi connectivity index (χ1v) is 7.59. The number of sulfonamides is 1. The maximum atomic E-state index is 11.3. The Kier molecular flexibility index (Phi) is 4.95. The van der Waals surface area contributed by atoms with Gasteiger partial charge in [0, 0.05) is 5.69 Å². The molecule has 1 N–H and O–H groups in total. The number of alkyl halides is 1. The largest absolute Gasteiger partial charge is 0.462 e. The Morgan fingerprint density at radius 1 is 1.35 bits per heavy atom. The van der Waals surface area contributed by atoms with Crippen LogP contribution in [0.1, 0.15) is 17.3 Å². The molecule has 0 heterocycles. The number of nitrogens with one attached hydrogen (secondary N) is 1. The van der Waals surface area contributed by atoms with E-state index in [1.54, 1.807) is 6.92 Å². The van der Waals surface area contributed by atoms with E-state index in [0.717, 1.165) is 0 Å². The fraction of sp³-hybridized carbons (Fsp3) is 0.300. The van der Waals surface area contributed by atoms with Crippen LogP contribution in [0.25, 0.3) is 0 Å². The van der Waals surface area contributed by atoms with Crippen molar-refractivity contribution in [1.29, 1.82) is 0 Å². The summed E-state index contributed by atoms with van der Waals surface area (Å²) < 4.78 is 29.4. The average molecular weight is 322 g/mol. The van der Waals surface area contributed by atoms with Crippen molar-refractivity contribution in [1.82, 2.24) is 0 Å². The smallest absolute Gasteiger partial charge is 0.338 e. The molecule has 0 unspecified atom stereocenters. The van der Waals surface area contributed by atoms with Crippen molar-refractivity contribution in [2.24, 2.45) is 0 Å². The van der Waals surface area contributed by atoms with Gasteiger partial charge in [-0.15, -0.1) is 0 Å². The topological polar surface area (TPSA) is 72.5 Å². The zero-order chi connectivity index (χ0) is 12.9. The number of carbonyl (C=O) groups is 1. The number of esters is 1. The summed E-state index contributed by atoms with van der Waals surface area (Å²) in [6, 6.07) is 6.02. The molecule has 0 atom stereocenters. The van der Waals surface area contributed by atoms with Gasteiger partial charge in [0.2, 0.25) is 10.0 Å². The molecule has 0 aliphatic rings. The molecule has 1 rings (SSSR count). The van der Waals surface area contributed by atoms with Gasteiger partial charge in [0.15, 0.2) is 0 Å². The van der Waals surface area contributed by atoms with Gasteiger partial charge in [-0.3, -0.25) is 4.72 Å². The van der Waals surface area contributed by atoms with Gasteiger partial charge in [-0.1, -0.05) is 15.9 Å². The third kappa shape index (κ3) is 4.35. The van der Waals surface area contributed by atoms with Gasteiger partial charge in [0.05, 0.1) is 12.2 Å². The van der Waals surface area contributed by atoms with Crippen LogP contribution in [0.3, 0.4) is 0 Å². The lowest BCUT2D eigenvalue weighted by molar-refractivity contribution is 0.0526. The summed E-state index contributed by atoms with van der Waals surface area (Å²) in [4.78, 5) is 11.3. The zero-order valence-electron chi connectivity index (χ0n) is 9.14. The van der Waals surface area contributed by atoms with Gasteiger partial charge in [-0.2, -0.15) is 0 Å². The van der Waals surface area contributed by atoms with Gasteiger partial charge >= 0.3 is 5.97 Å². The lowest BCUT2D eigenvalue weighted by atomic mass is 10.2. The van der Waals surface area contributed by atoms with E-state index in [1.807, 2.05) is 0 Å². The lowest BCUT2D eigenvalue weighted by Gasteiger charge is -2.06. The van der Waals surface area contributed by atoms with E-state index in [2.05, 4.69) is 20.7 Å². The van der Waals surface area contributed by atoms with Crippen LogP contribution >= 0.6 is 15.9 Å². The van der Waals surface area contributed by atoms with E-state index in [1.165, 1.54) is 24.3 Å². The minimum absolute atomic E-state index is 0.181. The molecule has 0 spiro atoms. The van der Waals surface area contributed by atoms with Crippen LogP contribution in [-0.4, -0.2) is 25.7 Å². The van der Waals surface area contributed by atoms with Gasteiger partial charge in [0.1, 0.15) is 4.66 Å². The number of ether oxygens (including phenoxy) is 1. The number of carbonyl (C=O) groups excluding carboxylic acids is 1. The van der Waals surface area contributed by atoms with Gasteiger partial charge in [0.25, 0.3) is 0 Å². The van der Waals surface area contributed by atoms with Crippen LogP contribution in [-0.2, 0) is 14.8 Å². The van der Waals surface area contributed by atoms with E-state index in [9.17, 15) is 13.2 Å². The Morgan fingerprint density at radius 3 is 2.41 bits per heavy atom. The molecule has 0 aliphatic heterocycles. The third-order valence-electron chi connectivity index (χ3n) is 1.81. The second kappa shape index (κ2) is 6.02. The van der Waals surface area contributed by atoms with Crippen LogP contribution < -0.4 is 4.72 Å². The van der Waals surface area contributed by atoms with Crippen LogP contribution in [0.4, 0.5) is 5.69 Å². The molecule has 0 amide bonds. The van der Waals surface area contributed by atoms with Gasteiger partial charge in [-0.25, -0.2) is 13.2 Å². The number of hydrogen-bond donors (Lipinski definition) is 1. The fourth-order valence-corrected chi connectivity index (χ4v) is 1.99. The monoisotopic (exact) mass is 321 g/mol. The highest BCUT2D eigenvalue weighted by atomic mass is 79.9. The number of benzene rings is 1. The second-order valence-electron chi connectivity index (χ2n) is 3.12. The summed E-state index contributed by atoms with van der Waals surface area (Å²) in [6.45, 7) is 2.02. The SMILES string of the molecule is CCOC(=O)c1ccc(NS(=O)(=O)CBr)cc1. The van der Waals surface area contributed by atoms with Crippen molar-refractivity contribution in [3.8, 4) is 0 Å². The molecule has 94 valence electrons. The van der Waals surface area contributed by atoms with Crippen molar-refractivity contribution in [3.63, 3.8) is 0 Å². The minimum Gasteiger partial charge on any atom is -0.462 e. The number of rotatable bonds is 5. The van der Waals surface area contributed by atoms with Gasteiger partial charge in [-0.05, 0) is 31.2 Å². The maximum Gasteiger partial charge on any atom is 0.338 e. The number of anilines is 1. The first kappa shape index (κ1) is 14.0. The molecule has 0 bridgehead atoms. The van der Waals surface area contributed by atoms with Crippen LogP contribution in [0.2, 0.25) is 0 Å². The van der Waals surface area contributed by atoms with Crippen LogP contribution in [0.5, 0.6) is 0 Å². The third-order valence-corrected chi connectivity index (χ3v) is 4.46. The number of hydrogen-bond acceptors (Lipinski definition) is 4. The highest BCUT2D eigenvalue weighted by molar-refractivity contribution is 9.10. The Bertz CT molecular complexity index is 484. The zero-order valence-corrected chi connectivity index (χ0v) is 11.5. The molecule has 17 heavy (non-hydrogen) atoms. The maximum absolute atomic E-state index is 11.3. The molecule has 7 heteroatoms. The van der Waals surface area contributed by atoms with Crippen molar-refractivity contribution in [2.45, 2.75) is 6.92 Å². The Hall–Kier alpha value is -1.08. The molecule has 0 radical (unpaired) electrons. The molecule has 0 saturated carbocycles. The number of halogens is 1. The van der Waals surface area contributed by atoms with E-state index >= 15 is 0 Å². The van der Waals surface area contributed by atoms with E-state index in [4.69, 9.17) is 4.74 Å². The summed E-state index contributed by atoms with van der Waals surface area (Å²) in [5, 5.41) is 0. The average Bonchev–Trinajstić information content (AvgIpc) is 2.30. The van der Waals surface area contributed by atoms with Crippen molar-refractivity contribution in [3.05, 3.63) is 29.8 Å². The summed E-state index contributed by atoms with van der Waals surface area (Å²) in [5.41, 5.74) is 0.783. The summed E-state index contributed by atoms with van der Waals surface area (Å²) in [7, 11) is -3.37. The van der Waals surface area contributed by atoms with Crippen molar-refractivity contribution < 1.29 is 17.9 Å². The summed E-state index contributed by atoms with van der Waals surface area (Å²) in [6.07, 6.45) is 0. The van der Waals surface area contributed by atoms with E-state index in [0.29, 0.717) is 17.9 Å². The lowest BCUT2D eigenvalue weighted by Crippen LogP contribution is -2.13. The first-order valence-electron chi connectivity index (χ1n) is 4.82. The highest BCUT2D eigenvalue weighted by Crippen LogP contribution is 2.12. The first-order chi connectivity index (χ1) is 7.98. The van der Waals surface area contributed by atoms with E-state index in [-0.39, 0.29) is 4.66 Å². The molecule has 0 aliphatic carbocycles. The van der Waals surface area contributed by atoms with Crippen LogP contribution in [0, 0.1) is 0 Å². The van der Waals surface area contributed by atoms with Crippen molar-refractivity contribution in [2.75, 3.05) is 16.0 Å². The predicted octanol–water partition coefficient (Wildman–Crippen LogP) is 1.96. The van der Waals surface area contributed by atoms with Gasteiger partial charge < -0.3 is 4.74 Å². The standard InChI is InChI=1S/C10H12BrNO4S/c1-2-16-10(13)8-3-5-9(6-4-8)12-17(14,15)7-11/h3-6,12H,2,7H2,1H3. The van der Waals surface area contributed by atoms with Crippen molar-refractivity contribution >= 4 is 37.6 Å². The molecule has 0 aromatic heterocycles. The quantitative estimate of drug-likeness (QED) is 0.664. The summed E-state index contributed by atoms with van der Waals surface area (Å²) in [5.74, 6) is -0.428.